The van der Waals surface area contributed by atoms with Gasteiger partial charge in [0.05, 0.1) is 0 Å². The Morgan fingerprint density at radius 2 is 2.00 bits per heavy atom. The van der Waals surface area contributed by atoms with Gasteiger partial charge in [-0.15, -0.1) is 0 Å². The van der Waals surface area contributed by atoms with Crippen LogP contribution in [0, 0.1) is 0 Å². The molecular formula is C12H18N2O5. The second kappa shape index (κ2) is 9.72. The number of ether oxygens (including phenoxy) is 1. The van der Waals surface area contributed by atoms with Crippen LogP contribution >= 0.6 is 0 Å². The number of hydrogen-bond donors (Lipinski definition) is 4. The Morgan fingerprint density at radius 1 is 1.32 bits per heavy atom. The predicted octanol–water partition coefficient (Wildman–Crippen LogP) is -0.0836. The van der Waals surface area contributed by atoms with Crippen LogP contribution in [-0.2, 0) is 9.59 Å². The number of carbonyl (C=O) groups excluding carboxylic acids is 1. The summed E-state index contributed by atoms with van der Waals surface area (Å²) >= 11 is 0. The fraction of sp³-hybridized carbons (Fsp3) is 0.333. The van der Waals surface area contributed by atoms with Gasteiger partial charge in [0.15, 0.2) is 6.61 Å². The van der Waals surface area contributed by atoms with Crippen LogP contribution in [-0.4, -0.2) is 49.4 Å². The molecule has 19 heavy (non-hydrogen) atoms. The van der Waals surface area contributed by atoms with Gasteiger partial charge in [0.1, 0.15) is 12.3 Å². The number of benzene rings is 1. The summed E-state index contributed by atoms with van der Waals surface area (Å²) < 4.78 is 5.20. The number of rotatable bonds is 6. The number of amides is 1. The molecule has 0 fully saturated rings. The Bertz CT molecular complexity index is 409. The van der Waals surface area contributed by atoms with Gasteiger partial charge < -0.3 is 25.6 Å². The van der Waals surface area contributed by atoms with Crippen molar-refractivity contribution >= 4 is 17.6 Å². The summed E-state index contributed by atoms with van der Waals surface area (Å²) in [6, 6.07) is 7.10. The number of carbonyl (C=O) groups is 2. The predicted molar refractivity (Wildman–Crippen MR) is 70.3 cm³/mol. The molecule has 7 heteroatoms. The first kappa shape index (κ1) is 16.7. The lowest BCUT2D eigenvalue weighted by atomic mass is 10.3. The molecule has 4 N–H and O–H groups in total. The topological polar surface area (TPSA) is 108 Å². The van der Waals surface area contributed by atoms with Crippen molar-refractivity contribution in [3.63, 3.8) is 0 Å². The molecule has 1 aromatic rings. The fourth-order valence-corrected chi connectivity index (χ4v) is 1.12. The molecule has 1 amide bonds. The van der Waals surface area contributed by atoms with E-state index in [1.807, 2.05) is 6.07 Å². The highest BCUT2D eigenvalue weighted by molar-refractivity contribution is 5.82. The van der Waals surface area contributed by atoms with Crippen LogP contribution in [0.4, 0.5) is 5.69 Å². The summed E-state index contributed by atoms with van der Waals surface area (Å²) in [7, 11) is 2.78. The summed E-state index contributed by atoms with van der Waals surface area (Å²) in [5.41, 5.74) is 0.869. The molecule has 0 bridgehead atoms. The average molecular weight is 270 g/mol. The van der Waals surface area contributed by atoms with E-state index in [4.69, 9.17) is 14.9 Å². The highest BCUT2D eigenvalue weighted by Gasteiger charge is 2.04. The van der Waals surface area contributed by atoms with Gasteiger partial charge in [-0.3, -0.25) is 9.59 Å². The molecule has 0 aliphatic heterocycles. The van der Waals surface area contributed by atoms with E-state index in [0.29, 0.717) is 5.75 Å². The van der Waals surface area contributed by atoms with Crippen LogP contribution in [0.3, 0.4) is 0 Å². The summed E-state index contributed by atoms with van der Waals surface area (Å²) in [6.45, 7) is -0.612. The van der Waals surface area contributed by atoms with Crippen LogP contribution in [0.2, 0.25) is 0 Å². The molecule has 0 unspecified atom stereocenters. The Labute approximate surface area is 111 Å². The van der Waals surface area contributed by atoms with Gasteiger partial charge in [0.2, 0.25) is 0 Å². The second-order valence-corrected chi connectivity index (χ2v) is 3.24. The first-order chi connectivity index (χ1) is 9.11. The molecule has 1 aromatic carbocycles. The van der Waals surface area contributed by atoms with E-state index in [-0.39, 0.29) is 6.61 Å². The lowest BCUT2D eigenvalue weighted by molar-refractivity contribution is -0.138. The number of aliphatic hydroxyl groups excluding tert-OH is 1. The highest BCUT2D eigenvalue weighted by atomic mass is 16.5. The van der Waals surface area contributed by atoms with Crippen molar-refractivity contribution in [2.75, 3.05) is 32.6 Å². The minimum atomic E-state index is -1.09. The number of anilines is 1. The van der Waals surface area contributed by atoms with Crippen molar-refractivity contribution in [1.29, 1.82) is 0 Å². The Morgan fingerprint density at radius 3 is 2.58 bits per heavy atom. The highest BCUT2D eigenvalue weighted by Crippen LogP contribution is 2.16. The number of hydrogen-bond acceptors (Lipinski definition) is 5. The monoisotopic (exact) mass is 270 g/mol. The maximum Gasteiger partial charge on any atom is 0.322 e. The normalized spacial score (nSPS) is 8.79. The number of aliphatic hydroxyl groups is 1. The van der Waals surface area contributed by atoms with Gasteiger partial charge in [-0.05, 0) is 12.1 Å². The van der Waals surface area contributed by atoms with E-state index in [9.17, 15) is 9.59 Å². The Balaban J connectivity index is 0.00000154. The molecule has 0 aromatic heterocycles. The molecule has 0 saturated carbocycles. The van der Waals surface area contributed by atoms with E-state index in [2.05, 4.69) is 10.6 Å². The third-order valence-electron chi connectivity index (χ3n) is 1.93. The van der Waals surface area contributed by atoms with Gasteiger partial charge in [-0.2, -0.15) is 0 Å². The van der Waals surface area contributed by atoms with Crippen molar-refractivity contribution in [2.24, 2.45) is 0 Å². The SMILES string of the molecule is CNc1cccc(OCC(=O)NCC(=O)O)c1.CO. The Kier molecular flexibility index (Phi) is 8.55. The summed E-state index contributed by atoms with van der Waals surface area (Å²) in [4.78, 5) is 21.4. The fourth-order valence-electron chi connectivity index (χ4n) is 1.12. The van der Waals surface area contributed by atoms with Gasteiger partial charge in [-0.25, -0.2) is 0 Å². The van der Waals surface area contributed by atoms with Gasteiger partial charge in [-0.1, -0.05) is 6.07 Å². The van der Waals surface area contributed by atoms with Crippen molar-refractivity contribution < 1.29 is 24.5 Å². The largest absolute Gasteiger partial charge is 0.484 e. The lowest BCUT2D eigenvalue weighted by Crippen LogP contribution is -2.33. The van der Waals surface area contributed by atoms with E-state index >= 15 is 0 Å². The smallest absolute Gasteiger partial charge is 0.322 e. The molecule has 1 rings (SSSR count). The van der Waals surface area contributed by atoms with Gasteiger partial charge in [0.25, 0.3) is 5.91 Å². The van der Waals surface area contributed by atoms with E-state index in [1.54, 1.807) is 25.2 Å². The van der Waals surface area contributed by atoms with Crippen LogP contribution in [0.1, 0.15) is 0 Å². The first-order valence-electron chi connectivity index (χ1n) is 5.45. The summed E-state index contributed by atoms with van der Waals surface area (Å²) in [5, 5.41) is 20.5. The Hall–Kier alpha value is -2.28. The number of nitrogens with one attached hydrogen (secondary N) is 2. The van der Waals surface area contributed by atoms with E-state index in [0.717, 1.165) is 12.8 Å². The van der Waals surface area contributed by atoms with Crippen LogP contribution in [0.5, 0.6) is 5.75 Å². The zero-order valence-corrected chi connectivity index (χ0v) is 10.8. The van der Waals surface area contributed by atoms with Gasteiger partial charge in [0, 0.05) is 25.9 Å². The molecule has 0 aliphatic carbocycles. The molecule has 0 aliphatic rings. The third kappa shape index (κ3) is 7.61. The van der Waals surface area contributed by atoms with E-state index < -0.39 is 18.4 Å². The molecule has 0 atom stereocenters. The van der Waals surface area contributed by atoms with Crippen molar-refractivity contribution in [3.05, 3.63) is 24.3 Å². The minimum Gasteiger partial charge on any atom is -0.484 e. The van der Waals surface area contributed by atoms with Gasteiger partial charge >= 0.3 is 5.97 Å². The molecule has 0 heterocycles. The molecule has 106 valence electrons. The third-order valence-corrected chi connectivity index (χ3v) is 1.93. The van der Waals surface area contributed by atoms with Crippen molar-refractivity contribution in [2.45, 2.75) is 0 Å². The number of aliphatic carboxylic acids is 1. The molecule has 0 saturated heterocycles. The first-order valence-corrected chi connectivity index (χ1v) is 5.45. The molecule has 7 nitrogen and oxygen atoms in total. The molecule has 0 radical (unpaired) electrons. The summed E-state index contributed by atoms with van der Waals surface area (Å²) in [5.74, 6) is -1.01. The summed E-state index contributed by atoms with van der Waals surface area (Å²) in [6.07, 6.45) is 0. The minimum absolute atomic E-state index is 0.208. The van der Waals surface area contributed by atoms with Crippen molar-refractivity contribution in [3.8, 4) is 5.75 Å². The zero-order valence-electron chi connectivity index (χ0n) is 10.8. The zero-order chi connectivity index (χ0) is 14.7. The van der Waals surface area contributed by atoms with Crippen LogP contribution in [0.15, 0.2) is 24.3 Å². The maximum atomic E-state index is 11.2. The maximum absolute atomic E-state index is 11.2. The molecular weight excluding hydrogens is 252 g/mol. The van der Waals surface area contributed by atoms with E-state index in [1.165, 1.54) is 0 Å². The lowest BCUT2D eigenvalue weighted by Gasteiger charge is -2.07. The second-order valence-electron chi connectivity index (χ2n) is 3.24. The quantitative estimate of drug-likeness (QED) is 0.575. The number of carboxylic acids is 1. The van der Waals surface area contributed by atoms with Crippen LogP contribution in [0.25, 0.3) is 0 Å². The standard InChI is InChI=1S/C11H14N2O4.CH4O/c1-12-8-3-2-4-9(5-8)17-7-10(14)13-6-11(15)16;1-2/h2-5,12H,6-7H2,1H3,(H,13,14)(H,15,16);2H,1H3. The number of carboxylic acid groups (broad SMARTS) is 1. The van der Waals surface area contributed by atoms with Crippen LogP contribution < -0.4 is 15.4 Å². The average Bonchev–Trinajstić information content (AvgIpc) is 2.45. The molecule has 0 spiro atoms. The van der Waals surface area contributed by atoms with Crippen molar-refractivity contribution in [1.82, 2.24) is 5.32 Å².